The molecular formula is C20H22F4. The van der Waals surface area contributed by atoms with Crippen LogP contribution in [0.15, 0.2) is 30.3 Å². The average molecular weight is 338 g/mol. The number of alkyl halides is 1. The maximum atomic E-state index is 14.5. The van der Waals surface area contributed by atoms with Gasteiger partial charge in [-0.05, 0) is 47.6 Å². The topological polar surface area (TPSA) is 0 Å². The van der Waals surface area contributed by atoms with Crippen LogP contribution in [0.1, 0.15) is 50.7 Å². The third-order valence-corrected chi connectivity index (χ3v) is 4.30. The number of benzene rings is 2. The summed E-state index contributed by atoms with van der Waals surface area (Å²) in [4.78, 5) is 0. The van der Waals surface area contributed by atoms with E-state index in [4.69, 9.17) is 0 Å². The van der Waals surface area contributed by atoms with Gasteiger partial charge in [-0.25, -0.2) is 17.6 Å². The van der Waals surface area contributed by atoms with Gasteiger partial charge >= 0.3 is 0 Å². The molecule has 130 valence electrons. The Hall–Kier alpha value is -1.84. The molecule has 0 aliphatic carbocycles. The summed E-state index contributed by atoms with van der Waals surface area (Å²) in [7, 11) is 0. The van der Waals surface area contributed by atoms with Crippen LogP contribution in [0.25, 0.3) is 11.1 Å². The minimum atomic E-state index is -1.22. The van der Waals surface area contributed by atoms with Crippen LogP contribution in [-0.4, -0.2) is 0 Å². The Labute approximate surface area is 140 Å². The van der Waals surface area contributed by atoms with Crippen molar-refractivity contribution >= 4 is 0 Å². The predicted molar refractivity (Wildman–Crippen MR) is 89.1 cm³/mol. The second-order valence-electron chi connectivity index (χ2n) is 6.68. The van der Waals surface area contributed by atoms with E-state index in [9.17, 15) is 17.6 Å². The van der Waals surface area contributed by atoms with Crippen LogP contribution in [0.3, 0.4) is 0 Å². The van der Waals surface area contributed by atoms with Crippen LogP contribution in [0.5, 0.6) is 0 Å². The highest BCUT2D eigenvalue weighted by Gasteiger charge is 2.15. The summed E-state index contributed by atoms with van der Waals surface area (Å²) in [6.45, 7) is 5.18. The van der Waals surface area contributed by atoms with Gasteiger partial charge in [-0.2, -0.15) is 0 Å². The van der Waals surface area contributed by atoms with Crippen LogP contribution >= 0.6 is 0 Å². The fraction of sp³-hybridized carbons (Fsp3) is 0.400. The smallest absolute Gasteiger partial charge is 0.164 e. The van der Waals surface area contributed by atoms with Crippen molar-refractivity contribution in [1.29, 1.82) is 0 Å². The van der Waals surface area contributed by atoms with Gasteiger partial charge in [0, 0.05) is 11.1 Å². The SMILES string of the molecule is CC(C)CCC(C)c1ccc(-c2cc(F)c(F)c(CF)c2)c(F)c1. The molecule has 0 fully saturated rings. The number of hydrogen-bond acceptors (Lipinski definition) is 0. The molecule has 0 N–H and O–H groups in total. The first kappa shape index (κ1) is 18.5. The first-order valence-corrected chi connectivity index (χ1v) is 8.17. The van der Waals surface area contributed by atoms with Gasteiger partial charge in [-0.15, -0.1) is 0 Å². The van der Waals surface area contributed by atoms with Crippen molar-refractivity contribution in [3.05, 3.63) is 58.9 Å². The Balaban J connectivity index is 2.32. The highest BCUT2D eigenvalue weighted by molar-refractivity contribution is 5.65. The summed E-state index contributed by atoms with van der Waals surface area (Å²) in [5.41, 5.74) is 0.743. The maximum absolute atomic E-state index is 14.5. The van der Waals surface area contributed by atoms with Crippen LogP contribution < -0.4 is 0 Å². The van der Waals surface area contributed by atoms with Crippen LogP contribution in [0.2, 0.25) is 0 Å². The molecule has 0 bridgehead atoms. The molecule has 0 nitrogen and oxygen atoms in total. The molecule has 0 aliphatic rings. The van der Waals surface area contributed by atoms with E-state index in [2.05, 4.69) is 13.8 Å². The van der Waals surface area contributed by atoms with E-state index in [-0.39, 0.29) is 17.0 Å². The van der Waals surface area contributed by atoms with Gasteiger partial charge < -0.3 is 0 Å². The van der Waals surface area contributed by atoms with Crippen LogP contribution in [0.4, 0.5) is 17.6 Å². The third kappa shape index (κ3) is 4.16. The van der Waals surface area contributed by atoms with E-state index in [0.29, 0.717) is 5.92 Å². The van der Waals surface area contributed by atoms with Crippen molar-refractivity contribution in [2.24, 2.45) is 5.92 Å². The minimum absolute atomic E-state index is 0.139. The molecule has 0 aliphatic heterocycles. The fourth-order valence-electron chi connectivity index (χ4n) is 2.72. The molecule has 0 radical (unpaired) electrons. The zero-order chi connectivity index (χ0) is 17.9. The molecule has 2 rings (SSSR count). The molecule has 2 aromatic carbocycles. The normalized spacial score (nSPS) is 12.7. The van der Waals surface area contributed by atoms with Gasteiger partial charge in [0.25, 0.3) is 0 Å². The Morgan fingerprint density at radius 1 is 0.875 bits per heavy atom. The molecule has 4 heteroatoms. The summed E-state index contributed by atoms with van der Waals surface area (Å²) in [5, 5.41) is 0. The third-order valence-electron chi connectivity index (χ3n) is 4.30. The number of hydrogen-bond donors (Lipinski definition) is 0. The second-order valence-corrected chi connectivity index (χ2v) is 6.68. The molecule has 0 amide bonds. The summed E-state index contributed by atoms with van der Waals surface area (Å²) < 4.78 is 54.2. The Morgan fingerprint density at radius 3 is 2.17 bits per heavy atom. The molecule has 0 heterocycles. The molecule has 0 saturated carbocycles. The number of rotatable bonds is 6. The second kappa shape index (κ2) is 7.82. The molecule has 0 spiro atoms. The molecular weight excluding hydrogens is 316 g/mol. The van der Waals surface area contributed by atoms with Crippen molar-refractivity contribution in [1.82, 2.24) is 0 Å². The van der Waals surface area contributed by atoms with E-state index in [0.717, 1.165) is 30.5 Å². The summed E-state index contributed by atoms with van der Waals surface area (Å²) in [6.07, 6.45) is 2.00. The van der Waals surface area contributed by atoms with Crippen molar-refractivity contribution in [2.45, 2.75) is 46.2 Å². The van der Waals surface area contributed by atoms with E-state index in [1.165, 1.54) is 6.07 Å². The van der Waals surface area contributed by atoms with Crippen molar-refractivity contribution in [3.8, 4) is 11.1 Å². The lowest BCUT2D eigenvalue weighted by molar-refractivity contribution is 0.441. The van der Waals surface area contributed by atoms with Gasteiger partial charge in [0.2, 0.25) is 0 Å². The zero-order valence-corrected chi connectivity index (χ0v) is 14.2. The van der Waals surface area contributed by atoms with Gasteiger partial charge in [0.1, 0.15) is 12.5 Å². The van der Waals surface area contributed by atoms with Crippen molar-refractivity contribution in [2.75, 3.05) is 0 Å². The monoisotopic (exact) mass is 338 g/mol. The van der Waals surface area contributed by atoms with Gasteiger partial charge in [0.05, 0.1) is 0 Å². The average Bonchev–Trinajstić information content (AvgIpc) is 2.54. The standard InChI is InChI=1S/C20H22F4/c1-12(2)4-5-13(3)14-6-7-17(18(22)9-14)15-8-16(11-21)20(24)19(23)10-15/h6-10,12-13H,4-5,11H2,1-3H3. The summed E-state index contributed by atoms with van der Waals surface area (Å²) in [6, 6.07) is 6.81. The minimum Gasteiger partial charge on any atom is -0.246 e. The molecule has 2 aromatic rings. The van der Waals surface area contributed by atoms with Gasteiger partial charge in [-0.1, -0.05) is 39.3 Å². The van der Waals surface area contributed by atoms with Crippen LogP contribution in [0, 0.1) is 23.4 Å². The van der Waals surface area contributed by atoms with E-state index in [1.54, 1.807) is 12.1 Å². The zero-order valence-electron chi connectivity index (χ0n) is 14.2. The molecule has 1 atom stereocenters. The first-order valence-electron chi connectivity index (χ1n) is 8.17. The van der Waals surface area contributed by atoms with E-state index < -0.39 is 29.7 Å². The quantitative estimate of drug-likeness (QED) is 0.509. The van der Waals surface area contributed by atoms with Crippen LogP contribution in [-0.2, 0) is 6.67 Å². The van der Waals surface area contributed by atoms with Gasteiger partial charge in [-0.3, -0.25) is 0 Å². The summed E-state index contributed by atoms with van der Waals surface area (Å²) >= 11 is 0. The lowest BCUT2D eigenvalue weighted by Gasteiger charge is -2.15. The predicted octanol–water partition coefficient (Wildman–Crippen LogP) is 6.78. The molecule has 1 unspecified atom stereocenters. The maximum Gasteiger partial charge on any atom is 0.164 e. The summed E-state index contributed by atoms with van der Waals surface area (Å²) in [5.74, 6) is -2.12. The highest BCUT2D eigenvalue weighted by Crippen LogP contribution is 2.30. The molecule has 0 aromatic heterocycles. The first-order chi connectivity index (χ1) is 11.3. The highest BCUT2D eigenvalue weighted by atomic mass is 19.2. The Morgan fingerprint density at radius 2 is 1.58 bits per heavy atom. The molecule has 0 saturated heterocycles. The Bertz CT molecular complexity index is 707. The van der Waals surface area contributed by atoms with Crippen molar-refractivity contribution < 1.29 is 17.6 Å². The lowest BCUT2D eigenvalue weighted by atomic mass is 9.91. The molecule has 24 heavy (non-hydrogen) atoms. The van der Waals surface area contributed by atoms with E-state index >= 15 is 0 Å². The van der Waals surface area contributed by atoms with Crippen molar-refractivity contribution in [3.63, 3.8) is 0 Å². The largest absolute Gasteiger partial charge is 0.246 e. The van der Waals surface area contributed by atoms with Gasteiger partial charge in [0.15, 0.2) is 11.6 Å². The Kier molecular flexibility index (Phi) is 6.03. The number of halogens is 4. The lowest BCUT2D eigenvalue weighted by Crippen LogP contribution is -1.99. The fourth-order valence-corrected chi connectivity index (χ4v) is 2.72. The van der Waals surface area contributed by atoms with E-state index in [1.807, 2.05) is 6.92 Å².